The molecular formula is C34H31FN2O7S. The van der Waals surface area contributed by atoms with E-state index in [9.17, 15) is 18.0 Å². The number of halogens is 1. The van der Waals surface area contributed by atoms with Gasteiger partial charge in [-0.15, -0.1) is 0 Å². The van der Waals surface area contributed by atoms with Gasteiger partial charge in [-0.2, -0.15) is 12.8 Å². The third-order valence-electron chi connectivity index (χ3n) is 6.93. The van der Waals surface area contributed by atoms with Crippen molar-refractivity contribution >= 4 is 21.9 Å². The van der Waals surface area contributed by atoms with Gasteiger partial charge in [-0.3, -0.25) is 9.59 Å². The number of para-hydroxylation sites is 1. The van der Waals surface area contributed by atoms with E-state index in [0.29, 0.717) is 42.3 Å². The molecule has 45 heavy (non-hydrogen) atoms. The number of ether oxygens (including phenoxy) is 2. The molecule has 2 amide bonds. The van der Waals surface area contributed by atoms with Crippen LogP contribution in [-0.2, 0) is 23.1 Å². The Labute approximate surface area is 260 Å². The summed E-state index contributed by atoms with van der Waals surface area (Å²) in [5.41, 5.74) is 2.03. The molecule has 9 nitrogen and oxygen atoms in total. The Hall–Kier alpha value is -5.16. The summed E-state index contributed by atoms with van der Waals surface area (Å²) in [6.45, 7) is 0.844. The van der Waals surface area contributed by atoms with Crippen molar-refractivity contribution < 1.29 is 36.1 Å². The van der Waals surface area contributed by atoms with Gasteiger partial charge in [0.15, 0.2) is 11.5 Å². The van der Waals surface area contributed by atoms with Gasteiger partial charge in [-0.1, -0.05) is 66.7 Å². The zero-order chi connectivity index (χ0) is 31.6. The van der Waals surface area contributed by atoms with Crippen LogP contribution < -0.4 is 24.3 Å². The molecule has 1 aliphatic rings. The fourth-order valence-corrected chi connectivity index (χ4v) is 5.43. The number of carbonyl (C=O) groups is 2. The van der Waals surface area contributed by atoms with E-state index in [2.05, 4.69) is 10.6 Å². The Balaban J connectivity index is 1.31. The van der Waals surface area contributed by atoms with Crippen LogP contribution in [0.25, 0.3) is 0 Å². The number of nitrogens with one attached hydrogen (secondary N) is 2. The van der Waals surface area contributed by atoms with Gasteiger partial charge >= 0.3 is 10.1 Å². The third kappa shape index (κ3) is 8.48. The van der Waals surface area contributed by atoms with Crippen molar-refractivity contribution in [3.05, 3.63) is 137 Å². The first-order valence-electron chi connectivity index (χ1n) is 14.3. The van der Waals surface area contributed by atoms with Crippen LogP contribution in [0.4, 0.5) is 4.39 Å². The Morgan fingerprint density at radius 3 is 2.27 bits per heavy atom. The zero-order valence-corrected chi connectivity index (χ0v) is 25.0. The molecule has 1 heterocycles. The fourth-order valence-electron chi connectivity index (χ4n) is 4.65. The number of hydrogen-bond acceptors (Lipinski definition) is 7. The predicted molar refractivity (Wildman–Crippen MR) is 166 cm³/mol. The molecule has 2 N–H and O–H groups in total. The van der Waals surface area contributed by atoms with Gasteiger partial charge in [0.25, 0.3) is 17.0 Å². The Morgan fingerprint density at radius 2 is 1.51 bits per heavy atom. The largest absolute Gasteiger partial charge is 0.486 e. The molecule has 0 radical (unpaired) electrons. The predicted octanol–water partition coefficient (Wildman–Crippen LogP) is 5.34. The lowest BCUT2D eigenvalue weighted by molar-refractivity contribution is 0.0929. The summed E-state index contributed by atoms with van der Waals surface area (Å²) in [6, 6.07) is 27.4. The Morgan fingerprint density at radius 1 is 0.844 bits per heavy atom. The maximum Gasteiger partial charge on any atom is 0.366 e. The van der Waals surface area contributed by atoms with Crippen molar-refractivity contribution in [1.82, 2.24) is 10.6 Å². The van der Waals surface area contributed by atoms with Crippen LogP contribution in [0.3, 0.4) is 0 Å². The molecule has 0 saturated heterocycles. The molecule has 1 atom stereocenters. The number of hydrogen-bond donors (Lipinski definition) is 2. The average molecular weight is 631 g/mol. The summed E-state index contributed by atoms with van der Waals surface area (Å²) >= 11 is 0. The van der Waals surface area contributed by atoms with E-state index in [1.807, 2.05) is 30.3 Å². The molecule has 0 aliphatic carbocycles. The molecule has 4 aromatic carbocycles. The highest BCUT2D eigenvalue weighted by molar-refractivity contribution is 7.90. The molecule has 0 saturated carbocycles. The third-order valence-corrected chi connectivity index (χ3v) is 7.95. The Bertz CT molecular complexity index is 1780. The van der Waals surface area contributed by atoms with E-state index in [1.54, 1.807) is 60.7 Å². The lowest BCUT2D eigenvalue weighted by Gasteiger charge is -2.19. The van der Waals surface area contributed by atoms with E-state index in [4.69, 9.17) is 13.7 Å². The van der Waals surface area contributed by atoms with Crippen LogP contribution in [-0.4, -0.2) is 39.5 Å². The molecule has 1 aliphatic heterocycles. The normalized spacial score (nSPS) is 13.4. The van der Waals surface area contributed by atoms with Crippen molar-refractivity contribution in [3.63, 3.8) is 0 Å². The zero-order valence-electron chi connectivity index (χ0n) is 24.1. The van der Waals surface area contributed by atoms with Crippen molar-refractivity contribution in [1.29, 1.82) is 0 Å². The fraction of sp³-hybridized carbons (Fsp3) is 0.176. The van der Waals surface area contributed by atoms with Gasteiger partial charge in [0.2, 0.25) is 0 Å². The quantitative estimate of drug-likeness (QED) is 0.203. The molecule has 4 aromatic rings. The highest BCUT2D eigenvalue weighted by atomic mass is 32.2. The molecule has 232 valence electrons. The summed E-state index contributed by atoms with van der Waals surface area (Å²) in [7, 11) is -4.77. The molecule has 11 heteroatoms. The topological polar surface area (TPSA) is 120 Å². The van der Waals surface area contributed by atoms with Crippen LogP contribution in [0.2, 0.25) is 0 Å². The number of carbonyl (C=O) groups excluding carboxylic acids is 2. The van der Waals surface area contributed by atoms with Gasteiger partial charge in [-0.05, 0) is 66.4 Å². The molecule has 0 aromatic heterocycles. The van der Waals surface area contributed by atoms with Gasteiger partial charge in [0, 0.05) is 17.7 Å². The van der Waals surface area contributed by atoms with Gasteiger partial charge in [0.05, 0.1) is 6.04 Å². The van der Waals surface area contributed by atoms with Crippen LogP contribution >= 0.6 is 0 Å². The van der Waals surface area contributed by atoms with E-state index in [-0.39, 0.29) is 30.2 Å². The first kappa shape index (κ1) is 31.3. The standard InChI is InChI=1S/C34H31FN2O7S/c35-32(45(40,41)44-28-12-5-2-6-13-28)22-27(17-15-24-9-3-1-4-10-24)37-34(39)29-14-8-7-11-26(29)23-36-33(38)25-16-18-30-31(21-25)43-20-19-42-30/h1-14,16,18,21-22,27H,15,17,19-20,23H2,(H,36,38)(H,37,39)/b32-22+/t27-/m0/s1. The number of benzene rings is 4. The second-order valence-electron chi connectivity index (χ2n) is 10.1. The van der Waals surface area contributed by atoms with Crippen LogP contribution in [0.15, 0.2) is 114 Å². The number of aryl methyl sites for hydroxylation is 1. The minimum Gasteiger partial charge on any atom is -0.486 e. The second-order valence-corrected chi connectivity index (χ2v) is 11.6. The van der Waals surface area contributed by atoms with Crippen LogP contribution in [0.1, 0.15) is 38.3 Å². The highest BCUT2D eigenvalue weighted by Gasteiger charge is 2.24. The van der Waals surface area contributed by atoms with Crippen LogP contribution in [0, 0.1) is 0 Å². The minimum absolute atomic E-state index is 0.0229. The summed E-state index contributed by atoms with van der Waals surface area (Å²) in [5, 5.41) is 4.03. The number of amides is 2. The Kier molecular flexibility index (Phi) is 10.1. The van der Waals surface area contributed by atoms with Gasteiger partial charge in [0.1, 0.15) is 19.0 Å². The lowest BCUT2D eigenvalue weighted by Crippen LogP contribution is -2.35. The first-order chi connectivity index (χ1) is 21.8. The van der Waals surface area contributed by atoms with Crippen LogP contribution in [0.5, 0.6) is 17.2 Å². The second kappa shape index (κ2) is 14.5. The average Bonchev–Trinajstić information content (AvgIpc) is 3.06. The molecular weight excluding hydrogens is 599 g/mol. The molecule has 0 fully saturated rings. The van der Waals surface area contributed by atoms with Crippen molar-refractivity contribution in [2.24, 2.45) is 0 Å². The molecule has 0 spiro atoms. The van der Waals surface area contributed by atoms with E-state index < -0.39 is 27.2 Å². The molecule has 5 rings (SSSR count). The summed E-state index contributed by atoms with van der Waals surface area (Å²) in [4.78, 5) is 26.4. The van der Waals surface area contributed by atoms with E-state index >= 15 is 4.39 Å². The monoisotopic (exact) mass is 630 g/mol. The summed E-state index contributed by atoms with van der Waals surface area (Å²) in [6.07, 6.45) is 1.47. The minimum atomic E-state index is -4.77. The number of rotatable bonds is 12. The summed E-state index contributed by atoms with van der Waals surface area (Å²) < 4.78 is 56.4. The SMILES string of the molecule is O=C(NCc1ccccc1C(=O)N[C@H](/C=C(\F)S(=O)(=O)Oc1ccccc1)CCc1ccccc1)c1ccc2c(c1)OCCO2. The van der Waals surface area contributed by atoms with E-state index in [1.165, 1.54) is 12.1 Å². The maximum absolute atomic E-state index is 15.2. The molecule has 0 bridgehead atoms. The van der Waals surface area contributed by atoms with Crippen molar-refractivity contribution in [3.8, 4) is 17.2 Å². The highest BCUT2D eigenvalue weighted by Crippen LogP contribution is 2.30. The van der Waals surface area contributed by atoms with Gasteiger partial charge < -0.3 is 24.3 Å². The number of fused-ring (bicyclic) bond motifs is 1. The summed E-state index contributed by atoms with van der Waals surface area (Å²) in [5.74, 6) is 0.0515. The maximum atomic E-state index is 15.2. The molecule has 0 unspecified atom stereocenters. The van der Waals surface area contributed by atoms with E-state index in [0.717, 1.165) is 11.6 Å². The first-order valence-corrected chi connectivity index (χ1v) is 15.7. The van der Waals surface area contributed by atoms with Crippen molar-refractivity contribution in [2.75, 3.05) is 13.2 Å². The van der Waals surface area contributed by atoms with Crippen molar-refractivity contribution in [2.45, 2.75) is 25.4 Å². The van der Waals surface area contributed by atoms with Gasteiger partial charge in [-0.25, -0.2) is 0 Å². The smallest absolute Gasteiger partial charge is 0.366 e. The lowest BCUT2D eigenvalue weighted by atomic mass is 10.0.